The van der Waals surface area contributed by atoms with Crippen LogP contribution in [0, 0.1) is 12.3 Å². The van der Waals surface area contributed by atoms with Gasteiger partial charge in [0.15, 0.2) is 0 Å². The second kappa shape index (κ2) is 7.26. The largest absolute Gasteiger partial charge is 0.343 e. The van der Waals surface area contributed by atoms with Gasteiger partial charge in [-0.15, -0.1) is 12.3 Å². The topological polar surface area (TPSA) is 58.4 Å². The molecule has 1 amide bonds. The van der Waals surface area contributed by atoms with Crippen molar-refractivity contribution >= 4 is 5.91 Å². The molecule has 0 spiro atoms. The monoisotopic (exact) mass is 223 g/mol. The number of amides is 1. The number of hydrogen-bond acceptors (Lipinski definition) is 3. The summed E-state index contributed by atoms with van der Waals surface area (Å²) in [4.78, 5) is 13.8. The minimum atomic E-state index is 0.0569. The quantitative estimate of drug-likeness (QED) is 0.490. The first-order valence-corrected chi connectivity index (χ1v) is 5.92. The van der Waals surface area contributed by atoms with Gasteiger partial charge in [0.2, 0.25) is 5.91 Å². The fourth-order valence-electron chi connectivity index (χ4n) is 1.89. The zero-order chi connectivity index (χ0) is 11.8. The third-order valence-corrected chi connectivity index (χ3v) is 2.87. The summed E-state index contributed by atoms with van der Waals surface area (Å²) in [5.74, 6) is 2.77. The number of nitrogens with two attached hydrogens (primary N) is 1. The Bertz CT molecular complexity index is 253. The highest BCUT2D eigenvalue weighted by Crippen LogP contribution is 2.09. The zero-order valence-electron chi connectivity index (χ0n) is 9.74. The molecule has 4 heteroatoms. The van der Waals surface area contributed by atoms with Gasteiger partial charge in [-0.25, -0.2) is 0 Å². The minimum Gasteiger partial charge on any atom is -0.343 e. The lowest BCUT2D eigenvalue weighted by Gasteiger charge is -2.20. The first-order chi connectivity index (χ1) is 7.77. The summed E-state index contributed by atoms with van der Waals surface area (Å²) in [5.41, 5.74) is 5.62. The molecule has 4 nitrogen and oxygen atoms in total. The molecule has 0 radical (unpaired) electrons. The number of rotatable bonds is 6. The Morgan fingerprint density at radius 2 is 2.19 bits per heavy atom. The maximum Gasteiger partial charge on any atom is 0.224 e. The lowest BCUT2D eigenvalue weighted by atomic mass is 10.2. The molecule has 0 aromatic rings. The standard InChI is InChI=1S/C12H21N3O/c1-2-3-6-14-11(10-13)9-12(16)15-7-4-5-8-15/h1,11,14H,3-10,13H2. The molecule has 1 aliphatic heterocycles. The Labute approximate surface area is 97.6 Å². The first kappa shape index (κ1) is 13.0. The molecule has 1 fully saturated rings. The Balaban J connectivity index is 2.26. The molecule has 1 aliphatic rings. The average molecular weight is 223 g/mol. The van der Waals surface area contributed by atoms with Crippen LogP contribution in [0.2, 0.25) is 0 Å². The third kappa shape index (κ3) is 4.21. The predicted octanol–water partition coefficient (Wildman–Crippen LogP) is -0.0609. The van der Waals surface area contributed by atoms with Gasteiger partial charge in [0, 0.05) is 45.1 Å². The SMILES string of the molecule is C#CCCNC(CN)CC(=O)N1CCCC1. The van der Waals surface area contributed by atoms with Crippen LogP contribution in [0.25, 0.3) is 0 Å². The van der Waals surface area contributed by atoms with E-state index in [4.69, 9.17) is 12.2 Å². The fraction of sp³-hybridized carbons (Fsp3) is 0.750. The normalized spacial score (nSPS) is 17.1. The molecule has 0 bridgehead atoms. The van der Waals surface area contributed by atoms with Crippen LogP contribution in [-0.2, 0) is 4.79 Å². The van der Waals surface area contributed by atoms with E-state index < -0.39 is 0 Å². The summed E-state index contributed by atoms with van der Waals surface area (Å²) < 4.78 is 0. The number of terminal acetylenes is 1. The maximum atomic E-state index is 11.8. The van der Waals surface area contributed by atoms with E-state index in [9.17, 15) is 4.79 Å². The van der Waals surface area contributed by atoms with Gasteiger partial charge < -0.3 is 16.0 Å². The third-order valence-electron chi connectivity index (χ3n) is 2.87. The van der Waals surface area contributed by atoms with Crippen molar-refractivity contribution in [2.45, 2.75) is 31.7 Å². The lowest BCUT2D eigenvalue weighted by molar-refractivity contribution is -0.130. The predicted molar refractivity (Wildman–Crippen MR) is 64.7 cm³/mol. The summed E-state index contributed by atoms with van der Waals surface area (Å²) in [7, 11) is 0. The van der Waals surface area contributed by atoms with Gasteiger partial charge in [-0.2, -0.15) is 0 Å². The van der Waals surface area contributed by atoms with Crippen molar-refractivity contribution in [3.05, 3.63) is 0 Å². The van der Waals surface area contributed by atoms with Crippen molar-refractivity contribution in [2.75, 3.05) is 26.2 Å². The van der Waals surface area contributed by atoms with Crippen LogP contribution in [0.3, 0.4) is 0 Å². The molecule has 1 heterocycles. The van der Waals surface area contributed by atoms with Gasteiger partial charge in [-0.05, 0) is 12.8 Å². The van der Waals surface area contributed by atoms with E-state index in [1.165, 1.54) is 0 Å². The molecule has 1 atom stereocenters. The second-order valence-corrected chi connectivity index (χ2v) is 4.13. The Morgan fingerprint density at radius 1 is 1.50 bits per heavy atom. The van der Waals surface area contributed by atoms with E-state index in [2.05, 4.69) is 11.2 Å². The van der Waals surface area contributed by atoms with E-state index in [-0.39, 0.29) is 11.9 Å². The number of carbonyl (C=O) groups excluding carboxylic acids is 1. The van der Waals surface area contributed by atoms with E-state index in [0.717, 1.165) is 32.5 Å². The van der Waals surface area contributed by atoms with Gasteiger partial charge in [0.05, 0.1) is 0 Å². The minimum absolute atomic E-state index is 0.0569. The van der Waals surface area contributed by atoms with Crippen molar-refractivity contribution in [3.8, 4) is 12.3 Å². The van der Waals surface area contributed by atoms with Crippen LogP contribution >= 0.6 is 0 Å². The van der Waals surface area contributed by atoms with E-state index in [1.54, 1.807) is 0 Å². The van der Waals surface area contributed by atoms with Crippen molar-refractivity contribution in [1.82, 2.24) is 10.2 Å². The molecule has 90 valence electrons. The number of likely N-dealkylation sites (tertiary alicyclic amines) is 1. The smallest absolute Gasteiger partial charge is 0.224 e. The summed E-state index contributed by atoms with van der Waals surface area (Å²) >= 11 is 0. The van der Waals surface area contributed by atoms with Gasteiger partial charge in [0.1, 0.15) is 0 Å². The van der Waals surface area contributed by atoms with Crippen molar-refractivity contribution in [3.63, 3.8) is 0 Å². The van der Waals surface area contributed by atoms with Crippen molar-refractivity contribution < 1.29 is 4.79 Å². The molecule has 0 saturated carbocycles. The van der Waals surface area contributed by atoms with Gasteiger partial charge in [-0.1, -0.05) is 0 Å². The van der Waals surface area contributed by atoms with Crippen LogP contribution < -0.4 is 11.1 Å². The van der Waals surface area contributed by atoms with Crippen LogP contribution in [0.15, 0.2) is 0 Å². The highest BCUT2D eigenvalue weighted by atomic mass is 16.2. The molecule has 0 aromatic carbocycles. The Hall–Kier alpha value is -1.05. The van der Waals surface area contributed by atoms with Gasteiger partial charge >= 0.3 is 0 Å². The van der Waals surface area contributed by atoms with E-state index >= 15 is 0 Å². The second-order valence-electron chi connectivity index (χ2n) is 4.13. The van der Waals surface area contributed by atoms with E-state index in [1.807, 2.05) is 4.90 Å². The fourth-order valence-corrected chi connectivity index (χ4v) is 1.89. The summed E-state index contributed by atoms with van der Waals surface area (Å²) in [5, 5.41) is 3.21. The van der Waals surface area contributed by atoms with Gasteiger partial charge in [-0.3, -0.25) is 4.79 Å². The Kier molecular flexibility index (Phi) is 5.91. The molecular weight excluding hydrogens is 202 g/mol. The number of nitrogens with zero attached hydrogens (tertiary/aromatic N) is 1. The summed E-state index contributed by atoms with van der Waals surface area (Å²) in [6.07, 6.45) is 8.58. The van der Waals surface area contributed by atoms with Crippen LogP contribution in [0.1, 0.15) is 25.7 Å². The summed E-state index contributed by atoms with van der Waals surface area (Å²) in [6.45, 7) is 3.01. The highest BCUT2D eigenvalue weighted by molar-refractivity contribution is 5.77. The molecular formula is C12H21N3O. The van der Waals surface area contributed by atoms with Crippen LogP contribution in [0.5, 0.6) is 0 Å². The molecule has 1 rings (SSSR count). The number of nitrogens with one attached hydrogen (secondary N) is 1. The Morgan fingerprint density at radius 3 is 2.75 bits per heavy atom. The highest BCUT2D eigenvalue weighted by Gasteiger charge is 2.20. The van der Waals surface area contributed by atoms with Gasteiger partial charge in [0.25, 0.3) is 0 Å². The molecule has 0 aliphatic carbocycles. The molecule has 3 N–H and O–H groups in total. The molecule has 16 heavy (non-hydrogen) atoms. The average Bonchev–Trinajstić information content (AvgIpc) is 2.81. The first-order valence-electron chi connectivity index (χ1n) is 5.92. The molecule has 0 aromatic heterocycles. The van der Waals surface area contributed by atoms with Crippen molar-refractivity contribution in [1.29, 1.82) is 0 Å². The van der Waals surface area contributed by atoms with Crippen LogP contribution in [0.4, 0.5) is 0 Å². The number of carbonyl (C=O) groups is 1. The maximum absolute atomic E-state index is 11.8. The lowest BCUT2D eigenvalue weighted by Crippen LogP contribution is -2.41. The van der Waals surface area contributed by atoms with E-state index in [0.29, 0.717) is 19.4 Å². The summed E-state index contributed by atoms with van der Waals surface area (Å²) in [6, 6.07) is 0.0569. The van der Waals surface area contributed by atoms with Crippen LogP contribution in [-0.4, -0.2) is 43.0 Å². The van der Waals surface area contributed by atoms with Crippen molar-refractivity contribution in [2.24, 2.45) is 5.73 Å². The molecule has 1 unspecified atom stereocenters. The number of hydrogen-bond donors (Lipinski definition) is 2. The zero-order valence-corrected chi connectivity index (χ0v) is 9.74. The molecule has 1 saturated heterocycles.